The number of esters is 1. The van der Waals surface area contributed by atoms with Gasteiger partial charge in [-0.3, -0.25) is 9.36 Å². The molecule has 11 heteroatoms. The lowest BCUT2D eigenvalue weighted by Gasteiger charge is -2.26. The summed E-state index contributed by atoms with van der Waals surface area (Å²) in [7, 11) is 1.47. The molecule has 1 atom stereocenters. The van der Waals surface area contributed by atoms with Crippen LogP contribution in [-0.2, 0) is 16.1 Å². The maximum Gasteiger partial charge on any atom is 0.338 e. The number of carbonyl (C=O) groups is 1. The maximum atomic E-state index is 14.1. The smallest absolute Gasteiger partial charge is 0.338 e. The molecule has 5 rings (SSSR count). The third kappa shape index (κ3) is 6.67. The Hall–Kier alpha value is -4.41. The molecule has 234 valence electrons. The van der Waals surface area contributed by atoms with Crippen molar-refractivity contribution in [1.29, 1.82) is 0 Å². The number of benzene rings is 3. The van der Waals surface area contributed by atoms with Gasteiger partial charge in [0.15, 0.2) is 16.3 Å². The van der Waals surface area contributed by atoms with Crippen molar-refractivity contribution in [3.8, 4) is 17.2 Å². The molecule has 0 radical (unpaired) electrons. The summed E-state index contributed by atoms with van der Waals surface area (Å²) in [6.45, 7) is 7.39. The Balaban J connectivity index is 1.61. The number of rotatable bonds is 10. The highest BCUT2D eigenvalue weighted by Gasteiger charge is 2.35. The van der Waals surface area contributed by atoms with Crippen molar-refractivity contribution in [2.75, 3.05) is 13.7 Å². The fourth-order valence-electron chi connectivity index (χ4n) is 5.03. The van der Waals surface area contributed by atoms with E-state index in [1.54, 1.807) is 50.3 Å². The van der Waals surface area contributed by atoms with Gasteiger partial charge in [0.1, 0.15) is 24.2 Å². The summed E-state index contributed by atoms with van der Waals surface area (Å²) >= 11 is 7.78. The van der Waals surface area contributed by atoms with Crippen LogP contribution in [0.3, 0.4) is 0 Å². The average Bonchev–Trinajstić information content (AvgIpc) is 3.30. The Morgan fingerprint density at radius 2 is 1.87 bits per heavy atom. The lowest BCUT2D eigenvalue weighted by Crippen LogP contribution is -2.40. The Bertz CT molecular complexity index is 1970. The standard InChI is InChI=1S/C34H32ClFN2O6S/c1-6-42-33(40)29-20(4)37-34-38(30(29)23-12-8-10-14-26(23)44-19(2)3)32(39)28(45-34)17-21-15-24(35)31(27(16-21)41-5)43-18-22-11-7-9-13-25(22)36/h7-17,19,30H,6,18H2,1-5H3/b28-17+/t30-/m1/s1. The Morgan fingerprint density at radius 1 is 1.13 bits per heavy atom. The second kappa shape index (κ2) is 13.7. The fraction of sp³-hybridized carbons (Fsp3) is 0.265. The number of hydrogen-bond acceptors (Lipinski definition) is 8. The van der Waals surface area contributed by atoms with Crippen LogP contribution in [0.2, 0.25) is 5.02 Å². The number of nitrogens with zero attached hydrogens (tertiary/aromatic N) is 2. The lowest BCUT2D eigenvalue weighted by molar-refractivity contribution is -0.139. The maximum absolute atomic E-state index is 14.1. The average molecular weight is 651 g/mol. The molecule has 0 fully saturated rings. The number of para-hydroxylation sites is 1. The summed E-state index contributed by atoms with van der Waals surface area (Å²) in [5, 5.41) is 0.225. The molecule has 0 bridgehead atoms. The van der Waals surface area contributed by atoms with E-state index in [0.29, 0.717) is 43.2 Å². The van der Waals surface area contributed by atoms with Crippen molar-refractivity contribution in [2.24, 2.45) is 4.99 Å². The summed E-state index contributed by atoms with van der Waals surface area (Å²) in [5.74, 6) is 0.164. The lowest BCUT2D eigenvalue weighted by atomic mass is 9.95. The Kier molecular flexibility index (Phi) is 9.74. The third-order valence-electron chi connectivity index (χ3n) is 6.97. The first-order chi connectivity index (χ1) is 21.6. The number of halogens is 2. The normalized spacial score (nSPS) is 14.7. The van der Waals surface area contributed by atoms with Crippen LogP contribution in [0.4, 0.5) is 4.39 Å². The summed E-state index contributed by atoms with van der Waals surface area (Å²) in [4.78, 5) is 32.5. The van der Waals surface area contributed by atoms with E-state index in [2.05, 4.69) is 4.99 Å². The van der Waals surface area contributed by atoms with Crippen molar-refractivity contribution >= 4 is 35.0 Å². The molecular weight excluding hydrogens is 619 g/mol. The van der Waals surface area contributed by atoms with E-state index in [4.69, 9.17) is 30.5 Å². The highest BCUT2D eigenvalue weighted by molar-refractivity contribution is 7.07. The number of thiazole rings is 1. The van der Waals surface area contributed by atoms with Gasteiger partial charge in [-0.25, -0.2) is 14.2 Å². The van der Waals surface area contributed by atoms with E-state index >= 15 is 0 Å². The van der Waals surface area contributed by atoms with Crippen LogP contribution < -0.4 is 29.1 Å². The predicted molar refractivity (Wildman–Crippen MR) is 171 cm³/mol. The third-order valence-corrected chi connectivity index (χ3v) is 8.24. The number of fused-ring (bicyclic) bond motifs is 1. The van der Waals surface area contributed by atoms with Crippen LogP contribution in [0.15, 0.2) is 81.7 Å². The van der Waals surface area contributed by atoms with Gasteiger partial charge >= 0.3 is 5.97 Å². The summed E-state index contributed by atoms with van der Waals surface area (Å²) < 4.78 is 38.9. The molecule has 0 spiro atoms. The van der Waals surface area contributed by atoms with Crippen LogP contribution in [-0.4, -0.2) is 30.4 Å². The zero-order chi connectivity index (χ0) is 32.2. The first-order valence-electron chi connectivity index (χ1n) is 14.3. The predicted octanol–water partition coefficient (Wildman–Crippen LogP) is 5.97. The molecule has 1 aliphatic rings. The van der Waals surface area contributed by atoms with Crippen molar-refractivity contribution in [3.63, 3.8) is 0 Å². The molecular formula is C34H32ClFN2O6S. The summed E-state index contributed by atoms with van der Waals surface area (Å²) in [6, 6.07) is 16.1. The van der Waals surface area contributed by atoms with E-state index in [0.717, 1.165) is 0 Å². The molecule has 45 heavy (non-hydrogen) atoms. The summed E-state index contributed by atoms with van der Waals surface area (Å²) in [6.07, 6.45) is 1.53. The van der Waals surface area contributed by atoms with Gasteiger partial charge in [-0.2, -0.15) is 0 Å². The minimum absolute atomic E-state index is 0.0507. The monoisotopic (exact) mass is 650 g/mol. The van der Waals surface area contributed by atoms with Gasteiger partial charge < -0.3 is 18.9 Å². The second-order valence-corrected chi connectivity index (χ2v) is 11.8. The SMILES string of the molecule is CCOC(=O)C1=C(C)N=c2s/c(=C/c3cc(Cl)c(OCc4ccccc4F)c(OC)c3)c(=O)n2[C@@H]1c1ccccc1OC(C)C. The van der Waals surface area contributed by atoms with E-state index in [1.807, 2.05) is 38.1 Å². The van der Waals surface area contributed by atoms with Crippen molar-refractivity contribution in [3.05, 3.63) is 119 Å². The van der Waals surface area contributed by atoms with Crippen LogP contribution in [0.5, 0.6) is 17.2 Å². The number of ether oxygens (including phenoxy) is 4. The summed E-state index contributed by atoms with van der Waals surface area (Å²) in [5.41, 5.74) is 1.93. The highest BCUT2D eigenvalue weighted by Crippen LogP contribution is 2.38. The zero-order valence-electron chi connectivity index (χ0n) is 25.4. The fourth-order valence-corrected chi connectivity index (χ4v) is 6.35. The molecule has 3 aromatic carbocycles. The molecule has 1 aromatic heterocycles. The van der Waals surface area contributed by atoms with Gasteiger partial charge in [-0.05, 0) is 63.6 Å². The van der Waals surface area contributed by atoms with Crippen molar-refractivity contribution in [2.45, 2.75) is 46.4 Å². The first-order valence-corrected chi connectivity index (χ1v) is 15.5. The van der Waals surface area contributed by atoms with E-state index < -0.39 is 17.8 Å². The molecule has 2 heterocycles. The second-order valence-electron chi connectivity index (χ2n) is 10.4. The van der Waals surface area contributed by atoms with Crippen LogP contribution >= 0.6 is 22.9 Å². The van der Waals surface area contributed by atoms with E-state index in [-0.39, 0.29) is 41.2 Å². The Morgan fingerprint density at radius 3 is 2.58 bits per heavy atom. The number of methoxy groups -OCH3 is 1. The van der Waals surface area contributed by atoms with Gasteiger partial charge in [-0.1, -0.05) is 59.3 Å². The largest absolute Gasteiger partial charge is 0.493 e. The highest BCUT2D eigenvalue weighted by atomic mass is 35.5. The van der Waals surface area contributed by atoms with Gasteiger partial charge in [-0.15, -0.1) is 0 Å². The zero-order valence-corrected chi connectivity index (χ0v) is 27.0. The molecule has 0 amide bonds. The molecule has 4 aromatic rings. The molecule has 8 nitrogen and oxygen atoms in total. The van der Waals surface area contributed by atoms with Crippen LogP contribution in [0.1, 0.15) is 50.4 Å². The Labute approximate surface area is 268 Å². The van der Waals surface area contributed by atoms with E-state index in [9.17, 15) is 14.0 Å². The molecule has 0 N–H and O–H groups in total. The first kappa shape index (κ1) is 32.0. The topological polar surface area (TPSA) is 88.4 Å². The van der Waals surface area contributed by atoms with Crippen molar-refractivity contribution < 1.29 is 28.1 Å². The number of hydrogen-bond donors (Lipinski definition) is 0. The quantitative estimate of drug-likeness (QED) is 0.197. The molecule has 0 saturated heterocycles. The van der Waals surface area contributed by atoms with E-state index in [1.165, 1.54) is 29.1 Å². The van der Waals surface area contributed by atoms with Gasteiger partial charge in [0.2, 0.25) is 0 Å². The van der Waals surface area contributed by atoms with Gasteiger partial charge in [0.25, 0.3) is 5.56 Å². The number of carbonyl (C=O) groups excluding carboxylic acids is 1. The van der Waals surface area contributed by atoms with Crippen LogP contribution in [0.25, 0.3) is 6.08 Å². The van der Waals surface area contributed by atoms with Gasteiger partial charge in [0.05, 0.1) is 40.6 Å². The minimum atomic E-state index is -0.829. The van der Waals surface area contributed by atoms with Gasteiger partial charge in [0, 0.05) is 11.1 Å². The minimum Gasteiger partial charge on any atom is -0.493 e. The molecule has 0 aliphatic carbocycles. The molecule has 1 aliphatic heterocycles. The number of allylic oxidation sites excluding steroid dienone is 1. The number of aromatic nitrogens is 1. The van der Waals surface area contributed by atoms with Crippen molar-refractivity contribution in [1.82, 2.24) is 4.57 Å². The van der Waals surface area contributed by atoms with Crippen LogP contribution in [0, 0.1) is 5.82 Å². The molecule has 0 unspecified atom stereocenters. The molecule has 0 saturated carbocycles.